The van der Waals surface area contributed by atoms with Crippen molar-refractivity contribution in [1.29, 1.82) is 0 Å². The molecule has 0 amide bonds. The summed E-state index contributed by atoms with van der Waals surface area (Å²) >= 11 is 0. The summed E-state index contributed by atoms with van der Waals surface area (Å²) in [5.74, 6) is 1.51. The van der Waals surface area contributed by atoms with Gasteiger partial charge in [0, 0.05) is 5.54 Å². The van der Waals surface area contributed by atoms with Crippen molar-refractivity contribution < 1.29 is 0 Å². The van der Waals surface area contributed by atoms with Gasteiger partial charge in [-0.25, -0.2) is 0 Å². The van der Waals surface area contributed by atoms with E-state index in [1.54, 1.807) is 0 Å². The molecule has 11 heavy (non-hydrogen) atoms. The van der Waals surface area contributed by atoms with Gasteiger partial charge in [0.15, 0.2) is 0 Å². The van der Waals surface area contributed by atoms with Gasteiger partial charge in [-0.1, -0.05) is 27.2 Å². The molecule has 2 fully saturated rings. The average molecular weight is 152 g/mol. The molecule has 2 saturated carbocycles. The standard InChI is InChI=1S/C10H18N/c1-7-4-5-8-9(2,3)10(8,11)6-7/h7-8,11H,4-6H2,1-3H3. The molecule has 0 aromatic rings. The van der Waals surface area contributed by atoms with E-state index in [0.717, 1.165) is 12.3 Å². The molecule has 63 valence electrons. The van der Waals surface area contributed by atoms with E-state index in [4.69, 9.17) is 5.73 Å². The predicted molar refractivity (Wildman–Crippen MR) is 46.1 cm³/mol. The van der Waals surface area contributed by atoms with Crippen LogP contribution in [0.4, 0.5) is 0 Å². The van der Waals surface area contributed by atoms with E-state index in [1.807, 2.05) is 0 Å². The number of nitrogens with one attached hydrogen (secondary N) is 1. The van der Waals surface area contributed by atoms with Crippen LogP contribution in [0.1, 0.15) is 40.0 Å². The van der Waals surface area contributed by atoms with Gasteiger partial charge >= 0.3 is 0 Å². The lowest BCUT2D eigenvalue weighted by atomic mass is 9.87. The van der Waals surface area contributed by atoms with Crippen molar-refractivity contribution in [3.05, 3.63) is 0 Å². The molecule has 2 aliphatic carbocycles. The first kappa shape index (κ1) is 7.60. The Bertz CT molecular complexity index is 185. The number of hydrogen-bond acceptors (Lipinski definition) is 0. The third-order valence-corrected chi connectivity index (χ3v) is 4.15. The van der Waals surface area contributed by atoms with Gasteiger partial charge in [0.25, 0.3) is 0 Å². The first-order valence-corrected chi connectivity index (χ1v) is 4.73. The summed E-state index contributed by atoms with van der Waals surface area (Å²) in [7, 11) is 0. The van der Waals surface area contributed by atoms with Gasteiger partial charge in [0.05, 0.1) is 0 Å². The molecule has 0 heterocycles. The third kappa shape index (κ3) is 0.752. The van der Waals surface area contributed by atoms with Gasteiger partial charge in [0.2, 0.25) is 0 Å². The summed E-state index contributed by atoms with van der Waals surface area (Å²) in [6.07, 6.45) is 3.80. The Labute approximate surface area is 69.4 Å². The normalized spacial score (nSPS) is 53.5. The summed E-state index contributed by atoms with van der Waals surface area (Å²) in [6, 6.07) is 0. The molecular formula is C10H18N. The van der Waals surface area contributed by atoms with E-state index < -0.39 is 0 Å². The van der Waals surface area contributed by atoms with Crippen LogP contribution >= 0.6 is 0 Å². The zero-order valence-electron chi connectivity index (χ0n) is 7.78. The zero-order valence-corrected chi connectivity index (χ0v) is 7.78. The quantitative estimate of drug-likeness (QED) is 0.509. The lowest BCUT2D eigenvalue weighted by Gasteiger charge is -2.22. The molecule has 0 spiro atoms. The minimum Gasteiger partial charge on any atom is -0.250 e. The average Bonchev–Trinajstić information content (AvgIpc) is 2.26. The monoisotopic (exact) mass is 152 g/mol. The van der Waals surface area contributed by atoms with Crippen LogP contribution < -0.4 is 5.73 Å². The molecular weight excluding hydrogens is 134 g/mol. The van der Waals surface area contributed by atoms with Crippen molar-refractivity contribution in [1.82, 2.24) is 5.73 Å². The van der Waals surface area contributed by atoms with E-state index >= 15 is 0 Å². The van der Waals surface area contributed by atoms with Crippen LogP contribution in [0.25, 0.3) is 0 Å². The Balaban J connectivity index is 2.17. The fraction of sp³-hybridized carbons (Fsp3) is 1.00. The van der Waals surface area contributed by atoms with E-state index in [-0.39, 0.29) is 5.54 Å². The molecule has 0 bridgehead atoms. The highest BCUT2D eigenvalue weighted by Gasteiger charge is 2.70. The Morgan fingerprint density at radius 2 is 1.91 bits per heavy atom. The second-order valence-corrected chi connectivity index (χ2v) is 5.13. The molecule has 0 aliphatic heterocycles. The maximum atomic E-state index is 8.23. The van der Waals surface area contributed by atoms with Gasteiger partial charge < -0.3 is 0 Å². The van der Waals surface area contributed by atoms with Gasteiger partial charge in [-0.05, 0) is 30.1 Å². The third-order valence-electron chi connectivity index (χ3n) is 4.15. The van der Waals surface area contributed by atoms with E-state index in [1.165, 1.54) is 12.8 Å². The summed E-state index contributed by atoms with van der Waals surface area (Å²) in [5.41, 5.74) is 8.53. The Kier molecular flexibility index (Phi) is 1.26. The summed E-state index contributed by atoms with van der Waals surface area (Å²) in [6.45, 7) is 6.83. The van der Waals surface area contributed by atoms with Crippen molar-refractivity contribution in [2.75, 3.05) is 0 Å². The fourth-order valence-corrected chi connectivity index (χ4v) is 3.08. The largest absolute Gasteiger partial charge is 0.250 e. The Hall–Kier alpha value is -0.0400. The molecule has 2 rings (SSSR count). The predicted octanol–water partition coefficient (Wildman–Crippen LogP) is 2.48. The molecule has 0 aromatic heterocycles. The second kappa shape index (κ2) is 1.82. The van der Waals surface area contributed by atoms with Crippen LogP contribution in [0.2, 0.25) is 0 Å². The highest BCUT2D eigenvalue weighted by atomic mass is 15.0. The van der Waals surface area contributed by atoms with Crippen molar-refractivity contribution >= 4 is 0 Å². The Morgan fingerprint density at radius 1 is 1.27 bits per heavy atom. The minimum atomic E-state index is -0.0370. The van der Waals surface area contributed by atoms with Gasteiger partial charge in [-0.3, -0.25) is 5.73 Å². The van der Waals surface area contributed by atoms with Crippen LogP contribution in [0.3, 0.4) is 0 Å². The molecule has 1 N–H and O–H groups in total. The van der Waals surface area contributed by atoms with Gasteiger partial charge in [-0.15, -0.1) is 0 Å². The molecule has 2 aliphatic rings. The maximum absolute atomic E-state index is 8.23. The van der Waals surface area contributed by atoms with E-state index in [0.29, 0.717) is 11.3 Å². The topological polar surface area (TPSA) is 23.8 Å². The van der Waals surface area contributed by atoms with Crippen LogP contribution in [-0.2, 0) is 0 Å². The molecule has 0 saturated heterocycles. The van der Waals surface area contributed by atoms with Crippen molar-refractivity contribution in [3.8, 4) is 0 Å². The fourth-order valence-electron chi connectivity index (χ4n) is 3.08. The zero-order chi connectivity index (χ0) is 8.28. The van der Waals surface area contributed by atoms with E-state index in [9.17, 15) is 0 Å². The van der Waals surface area contributed by atoms with Crippen molar-refractivity contribution in [2.24, 2.45) is 17.3 Å². The highest BCUT2D eigenvalue weighted by Crippen LogP contribution is 2.68. The SMILES string of the molecule is CC1CCC2C(C)(C)C2([NH])C1. The molecule has 1 heteroatoms. The summed E-state index contributed by atoms with van der Waals surface area (Å²) in [4.78, 5) is 0. The first-order chi connectivity index (χ1) is 4.98. The molecule has 1 nitrogen and oxygen atoms in total. The van der Waals surface area contributed by atoms with Gasteiger partial charge in [0.1, 0.15) is 0 Å². The molecule has 3 unspecified atom stereocenters. The maximum Gasteiger partial charge on any atom is 0.0414 e. The second-order valence-electron chi connectivity index (χ2n) is 5.13. The number of rotatable bonds is 0. The number of fused-ring (bicyclic) bond motifs is 1. The molecule has 1 radical (unpaired) electrons. The molecule has 0 aromatic carbocycles. The lowest BCUT2D eigenvalue weighted by Crippen LogP contribution is -2.25. The highest BCUT2D eigenvalue weighted by molar-refractivity contribution is 5.23. The number of hydrogen-bond donors (Lipinski definition) is 0. The van der Waals surface area contributed by atoms with Gasteiger partial charge in [-0.2, -0.15) is 0 Å². The van der Waals surface area contributed by atoms with Crippen molar-refractivity contribution in [2.45, 2.75) is 45.6 Å². The van der Waals surface area contributed by atoms with E-state index in [2.05, 4.69) is 20.8 Å². The summed E-state index contributed by atoms with van der Waals surface area (Å²) in [5, 5.41) is 0. The minimum absolute atomic E-state index is 0.0370. The molecule has 3 atom stereocenters. The van der Waals surface area contributed by atoms with Crippen LogP contribution in [0, 0.1) is 17.3 Å². The van der Waals surface area contributed by atoms with Crippen LogP contribution in [0.5, 0.6) is 0 Å². The smallest absolute Gasteiger partial charge is 0.0414 e. The van der Waals surface area contributed by atoms with Crippen molar-refractivity contribution in [3.63, 3.8) is 0 Å². The van der Waals surface area contributed by atoms with Crippen LogP contribution in [-0.4, -0.2) is 5.54 Å². The van der Waals surface area contributed by atoms with Crippen LogP contribution in [0.15, 0.2) is 0 Å². The lowest BCUT2D eigenvalue weighted by molar-refractivity contribution is 0.322. The Morgan fingerprint density at radius 3 is 2.36 bits per heavy atom. The first-order valence-electron chi connectivity index (χ1n) is 4.73. The summed E-state index contributed by atoms with van der Waals surface area (Å²) < 4.78 is 0.